The molecule has 1 amide bonds. The SMILES string of the molecule is CCCOc1c(C(N)=O)cc(C#Cc2ccccc2OC)cc1[C@H](CO)Cc1c[nH]c2ccccc12. The molecule has 0 fully saturated rings. The van der Waals surface area contributed by atoms with E-state index in [2.05, 4.69) is 16.8 Å². The zero-order valence-electron chi connectivity index (χ0n) is 20.5. The second-order valence-corrected chi connectivity index (χ2v) is 8.55. The van der Waals surface area contributed by atoms with Crippen molar-refractivity contribution in [2.24, 2.45) is 5.73 Å². The first-order valence-electron chi connectivity index (χ1n) is 12.0. The topological polar surface area (TPSA) is 97.6 Å². The van der Waals surface area contributed by atoms with Gasteiger partial charge in [0.2, 0.25) is 0 Å². The first kappa shape index (κ1) is 24.9. The second-order valence-electron chi connectivity index (χ2n) is 8.55. The Balaban J connectivity index is 1.81. The number of methoxy groups -OCH3 is 1. The Hall–Kier alpha value is -4.21. The van der Waals surface area contributed by atoms with Gasteiger partial charge in [-0.05, 0) is 48.7 Å². The summed E-state index contributed by atoms with van der Waals surface area (Å²) in [6.45, 7) is 2.28. The van der Waals surface area contributed by atoms with Gasteiger partial charge < -0.3 is 25.3 Å². The van der Waals surface area contributed by atoms with Gasteiger partial charge in [-0.1, -0.05) is 49.1 Å². The number of hydrogen-bond acceptors (Lipinski definition) is 4. The molecule has 0 bridgehead atoms. The number of para-hydroxylation sites is 2. The molecule has 36 heavy (non-hydrogen) atoms. The highest BCUT2D eigenvalue weighted by molar-refractivity contribution is 5.96. The molecule has 4 aromatic rings. The standard InChI is InChI=1S/C30H30N2O4/c1-3-14-36-29-25(23(19-33)17-22-18-32-27-10-6-5-9-24(22)27)15-20(16-26(29)30(31)34)12-13-21-8-4-7-11-28(21)35-2/h4-11,15-16,18,23,32-33H,3,14,17,19H2,1-2H3,(H2,31,34)/t23-/m0/s1. The van der Waals surface area contributed by atoms with E-state index >= 15 is 0 Å². The van der Waals surface area contributed by atoms with Crippen LogP contribution in [-0.4, -0.2) is 36.3 Å². The minimum atomic E-state index is -0.605. The predicted molar refractivity (Wildman–Crippen MR) is 142 cm³/mol. The molecule has 1 aromatic heterocycles. The van der Waals surface area contributed by atoms with Gasteiger partial charge in [-0.25, -0.2) is 0 Å². The molecule has 1 atom stereocenters. The Kier molecular flexibility index (Phi) is 7.94. The van der Waals surface area contributed by atoms with Crippen LogP contribution in [0.1, 0.15) is 51.9 Å². The first-order valence-corrected chi connectivity index (χ1v) is 12.0. The van der Waals surface area contributed by atoms with Crippen LogP contribution >= 0.6 is 0 Å². The number of aromatic nitrogens is 1. The number of rotatable bonds is 9. The van der Waals surface area contributed by atoms with Crippen LogP contribution in [0.5, 0.6) is 11.5 Å². The summed E-state index contributed by atoms with van der Waals surface area (Å²) in [5.74, 6) is 6.40. The third kappa shape index (κ3) is 5.37. The largest absolute Gasteiger partial charge is 0.495 e. The molecule has 184 valence electrons. The summed E-state index contributed by atoms with van der Waals surface area (Å²) < 4.78 is 11.4. The Labute approximate surface area is 211 Å². The summed E-state index contributed by atoms with van der Waals surface area (Å²) in [7, 11) is 1.60. The molecule has 0 saturated carbocycles. The molecule has 0 aliphatic heterocycles. The van der Waals surface area contributed by atoms with E-state index in [1.165, 1.54) is 0 Å². The van der Waals surface area contributed by atoms with Gasteiger partial charge in [0.05, 0.1) is 31.5 Å². The Morgan fingerprint density at radius 3 is 2.64 bits per heavy atom. The number of ether oxygens (including phenoxy) is 2. The Bertz CT molecular complexity index is 1430. The molecule has 0 spiro atoms. The van der Waals surface area contributed by atoms with Gasteiger partial charge in [-0.3, -0.25) is 4.79 Å². The maximum absolute atomic E-state index is 12.5. The minimum Gasteiger partial charge on any atom is -0.495 e. The lowest BCUT2D eigenvalue weighted by Gasteiger charge is -2.21. The molecule has 0 saturated heterocycles. The van der Waals surface area contributed by atoms with Crippen molar-refractivity contribution in [2.75, 3.05) is 20.3 Å². The fraction of sp³-hybridized carbons (Fsp3) is 0.233. The lowest BCUT2D eigenvalue weighted by Crippen LogP contribution is -2.18. The van der Waals surface area contributed by atoms with Gasteiger partial charge >= 0.3 is 0 Å². The molecule has 0 radical (unpaired) electrons. The van der Waals surface area contributed by atoms with E-state index < -0.39 is 5.91 Å². The molecule has 0 aliphatic carbocycles. The summed E-state index contributed by atoms with van der Waals surface area (Å²) in [5, 5.41) is 11.6. The third-order valence-corrected chi connectivity index (χ3v) is 6.08. The summed E-state index contributed by atoms with van der Waals surface area (Å²) in [4.78, 5) is 15.8. The first-order chi connectivity index (χ1) is 17.5. The van der Waals surface area contributed by atoms with Crippen molar-refractivity contribution in [1.82, 2.24) is 4.98 Å². The summed E-state index contributed by atoms with van der Waals surface area (Å²) in [6, 6.07) is 19.0. The predicted octanol–water partition coefficient (Wildman–Crippen LogP) is 4.78. The van der Waals surface area contributed by atoms with Crippen LogP contribution in [0.25, 0.3) is 10.9 Å². The molecule has 0 aliphatic rings. The lowest BCUT2D eigenvalue weighted by molar-refractivity contribution is 0.0995. The number of nitrogens with two attached hydrogens (primary N) is 1. The van der Waals surface area contributed by atoms with Gasteiger partial charge in [0.15, 0.2) is 0 Å². The van der Waals surface area contributed by atoms with Gasteiger partial charge in [-0.2, -0.15) is 0 Å². The van der Waals surface area contributed by atoms with E-state index in [-0.39, 0.29) is 18.1 Å². The van der Waals surface area contributed by atoms with Crippen LogP contribution in [-0.2, 0) is 6.42 Å². The number of nitrogens with one attached hydrogen (secondary N) is 1. The van der Waals surface area contributed by atoms with Crippen molar-refractivity contribution in [1.29, 1.82) is 0 Å². The van der Waals surface area contributed by atoms with Crippen LogP contribution in [0.2, 0.25) is 0 Å². The maximum Gasteiger partial charge on any atom is 0.252 e. The van der Waals surface area contributed by atoms with Crippen molar-refractivity contribution in [3.8, 4) is 23.3 Å². The average molecular weight is 483 g/mol. The smallest absolute Gasteiger partial charge is 0.252 e. The van der Waals surface area contributed by atoms with Gasteiger partial charge in [-0.15, -0.1) is 0 Å². The quantitative estimate of drug-likeness (QED) is 0.299. The number of amides is 1. The Morgan fingerprint density at radius 2 is 1.89 bits per heavy atom. The van der Waals surface area contributed by atoms with Crippen LogP contribution in [0, 0.1) is 11.8 Å². The van der Waals surface area contributed by atoms with Gasteiger partial charge in [0.25, 0.3) is 5.91 Å². The van der Waals surface area contributed by atoms with Crippen molar-refractivity contribution >= 4 is 16.8 Å². The molecule has 6 heteroatoms. The number of carbonyl (C=O) groups excluding carboxylic acids is 1. The number of H-pyrrole nitrogens is 1. The normalized spacial score (nSPS) is 11.5. The molecule has 0 unspecified atom stereocenters. The third-order valence-electron chi connectivity index (χ3n) is 6.08. The van der Waals surface area contributed by atoms with E-state index in [9.17, 15) is 9.90 Å². The number of benzene rings is 3. The number of aliphatic hydroxyl groups is 1. The average Bonchev–Trinajstić information content (AvgIpc) is 3.32. The highest BCUT2D eigenvalue weighted by atomic mass is 16.5. The molecular weight excluding hydrogens is 452 g/mol. The zero-order chi connectivity index (χ0) is 25.5. The van der Waals surface area contributed by atoms with Crippen LogP contribution in [0.15, 0.2) is 66.9 Å². The van der Waals surface area contributed by atoms with Crippen molar-refractivity contribution in [2.45, 2.75) is 25.7 Å². The zero-order valence-corrected chi connectivity index (χ0v) is 20.5. The van der Waals surface area contributed by atoms with E-state index in [0.29, 0.717) is 35.7 Å². The maximum atomic E-state index is 12.5. The number of aromatic amines is 1. The van der Waals surface area contributed by atoms with Crippen LogP contribution in [0.4, 0.5) is 0 Å². The fourth-order valence-electron chi connectivity index (χ4n) is 4.30. The van der Waals surface area contributed by atoms with Crippen molar-refractivity contribution in [3.63, 3.8) is 0 Å². The highest BCUT2D eigenvalue weighted by Crippen LogP contribution is 2.35. The number of fused-ring (bicyclic) bond motifs is 1. The number of primary amides is 1. The minimum absolute atomic E-state index is 0.135. The molecule has 3 aromatic carbocycles. The highest BCUT2D eigenvalue weighted by Gasteiger charge is 2.23. The summed E-state index contributed by atoms with van der Waals surface area (Å²) in [5.41, 5.74) is 10.2. The van der Waals surface area contributed by atoms with E-state index in [1.54, 1.807) is 13.2 Å². The number of aliphatic hydroxyl groups excluding tert-OH is 1. The van der Waals surface area contributed by atoms with Gasteiger partial charge in [0.1, 0.15) is 11.5 Å². The molecule has 6 nitrogen and oxygen atoms in total. The molecule has 1 heterocycles. The molecular formula is C30H30N2O4. The lowest BCUT2D eigenvalue weighted by atomic mass is 9.88. The van der Waals surface area contributed by atoms with Crippen LogP contribution < -0.4 is 15.2 Å². The van der Waals surface area contributed by atoms with Crippen molar-refractivity contribution < 1.29 is 19.4 Å². The Morgan fingerprint density at radius 1 is 1.11 bits per heavy atom. The molecule has 4 N–H and O–H groups in total. The van der Waals surface area contributed by atoms with Crippen molar-refractivity contribution in [3.05, 3.63) is 94.7 Å². The van der Waals surface area contributed by atoms with E-state index in [1.807, 2.05) is 67.7 Å². The number of hydrogen-bond donors (Lipinski definition) is 3. The van der Waals surface area contributed by atoms with E-state index in [0.717, 1.165) is 28.5 Å². The summed E-state index contributed by atoms with van der Waals surface area (Å²) >= 11 is 0. The monoisotopic (exact) mass is 482 g/mol. The number of carbonyl (C=O) groups is 1. The second kappa shape index (κ2) is 11.5. The van der Waals surface area contributed by atoms with E-state index in [4.69, 9.17) is 15.2 Å². The molecule has 4 rings (SSSR count). The van der Waals surface area contributed by atoms with Crippen LogP contribution in [0.3, 0.4) is 0 Å². The van der Waals surface area contributed by atoms with Gasteiger partial charge in [0, 0.05) is 34.1 Å². The fourth-order valence-corrected chi connectivity index (χ4v) is 4.30. The summed E-state index contributed by atoms with van der Waals surface area (Å²) in [6.07, 6.45) is 3.27.